The van der Waals surface area contributed by atoms with Gasteiger partial charge in [-0.05, 0) is 18.8 Å². The van der Waals surface area contributed by atoms with Crippen molar-refractivity contribution in [2.45, 2.75) is 32.4 Å². The molecule has 14 heavy (non-hydrogen) atoms. The number of rotatable bonds is 5. The van der Waals surface area contributed by atoms with Crippen molar-refractivity contribution >= 4 is 11.3 Å². The molecule has 0 spiro atoms. The zero-order valence-corrected chi connectivity index (χ0v) is 9.27. The molecular weight excluding hydrogens is 196 g/mol. The standard InChI is InChI=1S/C10H16N2OS/c1-13-6-8-9(5-11)14-10(12-8)4-7-2-3-7/h7H,2-6,11H2,1H3. The minimum Gasteiger partial charge on any atom is -0.378 e. The van der Waals surface area contributed by atoms with Crippen LogP contribution in [0.2, 0.25) is 0 Å². The first-order valence-corrected chi connectivity index (χ1v) is 5.81. The van der Waals surface area contributed by atoms with Crippen molar-refractivity contribution in [3.8, 4) is 0 Å². The molecule has 0 unspecified atom stereocenters. The fourth-order valence-corrected chi connectivity index (χ4v) is 2.57. The number of thiazole rings is 1. The molecule has 0 atom stereocenters. The first-order chi connectivity index (χ1) is 6.83. The highest BCUT2D eigenvalue weighted by Crippen LogP contribution is 2.34. The molecule has 1 aromatic heterocycles. The van der Waals surface area contributed by atoms with E-state index >= 15 is 0 Å². The predicted molar refractivity (Wildman–Crippen MR) is 57.1 cm³/mol. The predicted octanol–water partition coefficient (Wildman–Crippen LogP) is 1.70. The summed E-state index contributed by atoms with van der Waals surface area (Å²) in [6, 6.07) is 0. The molecule has 1 fully saturated rings. The number of aromatic nitrogens is 1. The molecule has 1 saturated carbocycles. The number of hydrogen-bond donors (Lipinski definition) is 1. The average Bonchev–Trinajstić information content (AvgIpc) is 2.89. The molecule has 4 heteroatoms. The number of ether oxygens (including phenoxy) is 1. The summed E-state index contributed by atoms with van der Waals surface area (Å²) in [5.41, 5.74) is 6.69. The molecule has 0 bridgehead atoms. The van der Waals surface area contributed by atoms with Crippen molar-refractivity contribution in [1.82, 2.24) is 4.98 Å². The second-order valence-electron chi connectivity index (χ2n) is 3.76. The van der Waals surface area contributed by atoms with Gasteiger partial charge >= 0.3 is 0 Å². The quantitative estimate of drug-likeness (QED) is 0.808. The first-order valence-electron chi connectivity index (χ1n) is 5.00. The Hall–Kier alpha value is -0.450. The van der Waals surface area contributed by atoms with Crippen molar-refractivity contribution in [3.05, 3.63) is 15.6 Å². The zero-order chi connectivity index (χ0) is 9.97. The molecule has 2 N–H and O–H groups in total. The molecule has 1 aliphatic carbocycles. The van der Waals surface area contributed by atoms with Crippen LogP contribution in [-0.2, 0) is 24.3 Å². The lowest BCUT2D eigenvalue weighted by Crippen LogP contribution is -1.99. The Bertz CT molecular complexity index is 307. The molecule has 2 rings (SSSR count). The van der Waals surface area contributed by atoms with Gasteiger partial charge < -0.3 is 10.5 Å². The van der Waals surface area contributed by atoms with Crippen LogP contribution >= 0.6 is 11.3 Å². The monoisotopic (exact) mass is 212 g/mol. The van der Waals surface area contributed by atoms with E-state index in [4.69, 9.17) is 10.5 Å². The lowest BCUT2D eigenvalue weighted by molar-refractivity contribution is 0.181. The zero-order valence-electron chi connectivity index (χ0n) is 8.45. The maximum atomic E-state index is 5.66. The second-order valence-corrected chi connectivity index (χ2v) is 4.93. The summed E-state index contributed by atoms with van der Waals surface area (Å²) in [7, 11) is 1.69. The molecule has 0 amide bonds. The average molecular weight is 212 g/mol. The number of nitrogens with zero attached hydrogens (tertiary/aromatic N) is 1. The first kappa shape index (κ1) is 10.1. The van der Waals surface area contributed by atoms with E-state index in [1.165, 1.54) is 22.7 Å². The van der Waals surface area contributed by atoms with Gasteiger partial charge in [0, 0.05) is 25.0 Å². The molecule has 1 aliphatic rings. The number of hydrogen-bond acceptors (Lipinski definition) is 4. The topological polar surface area (TPSA) is 48.1 Å². The smallest absolute Gasteiger partial charge is 0.0935 e. The van der Waals surface area contributed by atoms with E-state index in [0.717, 1.165) is 18.0 Å². The Balaban J connectivity index is 2.08. The largest absolute Gasteiger partial charge is 0.378 e. The third-order valence-electron chi connectivity index (χ3n) is 2.45. The Kier molecular flexibility index (Phi) is 3.15. The van der Waals surface area contributed by atoms with E-state index in [1.807, 2.05) is 0 Å². The Morgan fingerprint density at radius 1 is 1.57 bits per heavy atom. The van der Waals surface area contributed by atoms with Crippen LogP contribution in [-0.4, -0.2) is 12.1 Å². The lowest BCUT2D eigenvalue weighted by Gasteiger charge is -1.95. The van der Waals surface area contributed by atoms with Crippen molar-refractivity contribution in [3.63, 3.8) is 0 Å². The molecular formula is C10H16N2OS. The highest BCUT2D eigenvalue weighted by Gasteiger charge is 2.23. The molecule has 0 aromatic carbocycles. The van der Waals surface area contributed by atoms with Gasteiger partial charge in [0.2, 0.25) is 0 Å². The molecule has 0 aliphatic heterocycles. The van der Waals surface area contributed by atoms with Crippen LogP contribution < -0.4 is 5.73 Å². The fraction of sp³-hybridized carbons (Fsp3) is 0.700. The summed E-state index contributed by atoms with van der Waals surface area (Å²) in [5, 5.41) is 1.24. The van der Waals surface area contributed by atoms with Gasteiger partial charge in [-0.15, -0.1) is 11.3 Å². The van der Waals surface area contributed by atoms with Gasteiger partial charge in [-0.2, -0.15) is 0 Å². The van der Waals surface area contributed by atoms with Crippen LogP contribution in [0.15, 0.2) is 0 Å². The summed E-state index contributed by atoms with van der Waals surface area (Å²) in [4.78, 5) is 5.75. The number of nitrogens with two attached hydrogens (primary N) is 1. The number of methoxy groups -OCH3 is 1. The molecule has 78 valence electrons. The summed E-state index contributed by atoms with van der Waals surface area (Å²) < 4.78 is 5.09. The summed E-state index contributed by atoms with van der Waals surface area (Å²) >= 11 is 1.75. The van der Waals surface area contributed by atoms with Crippen LogP contribution in [0.1, 0.15) is 28.4 Å². The molecule has 1 aromatic rings. The van der Waals surface area contributed by atoms with E-state index in [9.17, 15) is 0 Å². The molecule has 0 saturated heterocycles. The van der Waals surface area contributed by atoms with Gasteiger partial charge in [0.05, 0.1) is 17.3 Å². The van der Waals surface area contributed by atoms with Crippen LogP contribution in [0.25, 0.3) is 0 Å². The van der Waals surface area contributed by atoms with E-state index < -0.39 is 0 Å². The summed E-state index contributed by atoms with van der Waals surface area (Å²) in [6.45, 7) is 1.18. The lowest BCUT2D eigenvalue weighted by atomic mass is 10.3. The molecule has 3 nitrogen and oxygen atoms in total. The van der Waals surface area contributed by atoms with E-state index in [0.29, 0.717) is 13.2 Å². The van der Waals surface area contributed by atoms with E-state index in [-0.39, 0.29) is 0 Å². The van der Waals surface area contributed by atoms with Gasteiger partial charge in [0.25, 0.3) is 0 Å². The fourth-order valence-electron chi connectivity index (χ4n) is 1.50. The van der Waals surface area contributed by atoms with Crippen molar-refractivity contribution in [1.29, 1.82) is 0 Å². The highest BCUT2D eigenvalue weighted by molar-refractivity contribution is 7.11. The van der Waals surface area contributed by atoms with Crippen molar-refractivity contribution in [2.75, 3.05) is 7.11 Å². The summed E-state index contributed by atoms with van der Waals surface area (Å²) in [6.07, 6.45) is 3.88. The Morgan fingerprint density at radius 2 is 2.36 bits per heavy atom. The second kappa shape index (κ2) is 4.38. The minimum absolute atomic E-state index is 0.584. The van der Waals surface area contributed by atoms with Crippen LogP contribution in [0.5, 0.6) is 0 Å². The maximum Gasteiger partial charge on any atom is 0.0935 e. The minimum atomic E-state index is 0.584. The SMILES string of the molecule is COCc1nc(CC2CC2)sc1CN. The van der Waals surface area contributed by atoms with Gasteiger partial charge in [0.1, 0.15) is 0 Å². The molecule has 0 radical (unpaired) electrons. The normalized spacial score (nSPS) is 16.1. The van der Waals surface area contributed by atoms with Gasteiger partial charge in [0.15, 0.2) is 0 Å². The van der Waals surface area contributed by atoms with E-state index in [1.54, 1.807) is 18.4 Å². The Morgan fingerprint density at radius 3 is 2.93 bits per heavy atom. The maximum absolute atomic E-state index is 5.66. The molecule has 1 heterocycles. The van der Waals surface area contributed by atoms with Gasteiger partial charge in [-0.3, -0.25) is 0 Å². The van der Waals surface area contributed by atoms with Gasteiger partial charge in [-0.1, -0.05) is 0 Å². The van der Waals surface area contributed by atoms with Crippen LogP contribution in [0.3, 0.4) is 0 Å². The van der Waals surface area contributed by atoms with Crippen LogP contribution in [0.4, 0.5) is 0 Å². The van der Waals surface area contributed by atoms with Crippen molar-refractivity contribution < 1.29 is 4.74 Å². The van der Waals surface area contributed by atoms with Gasteiger partial charge in [-0.25, -0.2) is 4.98 Å². The van der Waals surface area contributed by atoms with Crippen molar-refractivity contribution in [2.24, 2.45) is 11.7 Å². The third-order valence-corrected chi connectivity index (χ3v) is 3.59. The van der Waals surface area contributed by atoms with E-state index in [2.05, 4.69) is 4.98 Å². The highest BCUT2D eigenvalue weighted by atomic mass is 32.1. The Labute approximate surface area is 88.3 Å². The van der Waals surface area contributed by atoms with Crippen LogP contribution in [0, 0.1) is 5.92 Å². The third kappa shape index (κ3) is 2.32. The summed E-state index contributed by atoms with van der Waals surface area (Å²) in [5.74, 6) is 0.891.